The van der Waals surface area contributed by atoms with Crippen LogP contribution in [0.2, 0.25) is 0 Å². The second-order valence-electron chi connectivity index (χ2n) is 3.76. The van der Waals surface area contributed by atoms with E-state index in [0.717, 1.165) is 4.31 Å². The summed E-state index contributed by atoms with van der Waals surface area (Å²) < 4.78 is 25.8. The molecule has 0 atom stereocenters. The summed E-state index contributed by atoms with van der Waals surface area (Å²) in [5.74, 6) is -1.07. The van der Waals surface area contributed by atoms with E-state index in [2.05, 4.69) is 15.9 Å². The SMILES string of the molecule is CN(CCC(=O)O)S(=O)(=O)c1cc(Br)cc(C#N)c1. The number of nitriles is 1. The van der Waals surface area contributed by atoms with E-state index in [1.807, 2.05) is 6.07 Å². The molecule has 0 aliphatic heterocycles. The molecule has 0 saturated heterocycles. The molecule has 0 aliphatic carbocycles. The molecule has 0 aliphatic rings. The van der Waals surface area contributed by atoms with Crippen LogP contribution in [0.4, 0.5) is 0 Å². The quantitative estimate of drug-likeness (QED) is 0.868. The minimum Gasteiger partial charge on any atom is -0.481 e. The number of carboxylic acid groups (broad SMARTS) is 1. The maximum Gasteiger partial charge on any atom is 0.304 e. The van der Waals surface area contributed by atoms with E-state index in [9.17, 15) is 13.2 Å². The van der Waals surface area contributed by atoms with Crippen LogP contribution in [0, 0.1) is 11.3 Å². The van der Waals surface area contributed by atoms with Crippen molar-refractivity contribution in [3.8, 4) is 6.07 Å². The van der Waals surface area contributed by atoms with E-state index in [1.165, 1.54) is 25.2 Å². The van der Waals surface area contributed by atoms with Gasteiger partial charge < -0.3 is 5.11 Å². The fourth-order valence-electron chi connectivity index (χ4n) is 1.33. The predicted molar refractivity (Wildman–Crippen MR) is 70.9 cm³/mol. The van der Waals surface area contributed by atoms with Crippen molar-refractivity contribution >= 4 is 31.9 Å². The first-order chi connectivity index (χ1) is 8.77. The summed E-state index contributed by atoms with van der Waals surface area (Å²) in [6.07, 6.45) is -0.283. The summed E-state index contributed by atoms with van der Waals surface area (Å²) in [6, 6.07) is 5.97. The molecule has 0 unspecified atom stereocenters. The van der Waals surface area contributed by atoms with Crippen LogP contribution in [0.15, 0.2) is 27.6 Å². The predicted octanol–water partition coefficient (Wildman–Crippen LogP) is 1.42. The maximum atomic E-state index is 12.2. The van der Waals surface area contributed by atoms with Crippen molar-refractivity contribution in [1.29, 1.82) is 5.26 Å². The van der Waals surface area contributed by atoms with Gasteiger partial charge in [0.1, 0.15) is 0 Å². The molecule has 0 bridgehead atoms. The number of nitrogens with zero attached hydrogens (tertiary/aromatic N) is 2. The van der Waals surface area contributed by atoms with Crippen LogP contribution in [0.1, 0.15) is 12.0 Å². The Kier molecular flexibility index (Phi) is 5.05. The lowest BCUT2D eigenvalue weighted by molar-refractivity contribution is -0.137. The Labute approximate surface area is 119 Å². The third-order valence-electron chi connectivity index (χ3n) is 2.35. The van der Waals surface area contributed by atoms with Gasteiger partial charge in [-0.15, -0.1) is 0 Å². The number of rotatable bonds is 5. The average Bonchev–Trinajstić information content (AvgIpc) is 2.34. The van der Waals surface area contributed by atoms with E-state index < -0.39 is 16.0 Å². The zero-order chi connectivity index (χ0) is 14.6. The van der Waals surface area contributed by atoms with Gasteiger partial charge in [-0.25, -0.2) is 12.7 Å². The Bertz CT molecular complexity index is 637. The zero-order valence-electron chi connectivity index (χ0n) is 10.00. The van der Waals surface area contributed by atoms with Gasteiger partial charge in [0.05, 0.1) is 22.9 Å². The third-order valence-corrected chi connectivity index (χ3v) is 4.64. The van der Waals surface area contributed by atoms with E-state index in [0.29, 0.717) is 4.47 Å². The maximum absolute atomic E-state index is 12.2. The van der Waals surface area contributed by atoms with Crippen molar-refractivity contribution in [2.24, 2.45) is 0 Å². The highest BCUT2D eigenvalue weighted by Crippen LogP contribution is 2.21. The minimum absolute atomic E-state index is 0.0497. The first kappa shape index (κ1) is 15.6. The molecule has 0 fully saturated rings. The molecule has 1 N–H and O–H groups in total. The van der Waals surface area contributed by atoms with Gasteiger partial charge in [-0.2, -0.15) is 5.26 Å². The second kappa shape index (κ2) is 6.14. The normalized spacial score (nSPS) is 11.3. The molecule has 1 rings (SSSR count). The summed E-state index contributed by atoms with van der Waals surface area (Å²) in [5, 5.41) is 17.4. The van der Waals surface area contributed by atoms with Gasteiger partial charge in [-0.05, 0) is 18.2 Å². The van der Waals surface area contributed by atoms with Crippen molar-refractivity contribution in [1.82, 2.24) is 4.31 Å². The van der Waals surface area contributed by atoms with E-state index in [1.54, 1.807) is 0 Å². The highest BCUT2D eigenvalue weighted by atomic mass is 79.9. The summed E-state index contributed by atoms with van der Waals surface area (Å²) in [5.41, 5.74) is 0.208. The molecule has 19 heavy (non-hydrogen) atoms. The standard InChI is InChI=1S/C11H11BrN2O4S/c1-14(3-2-11(15)16)19(17,18)10-5-8(7-13)4-9(12)6-10/h4-6H,2-3H2,1H3,(H,15,16). The van der Waals surface area contributed by atoms with Gasteiger partial charge in [0.15, 0.2) is 0 Å². The lowest BCUT2D eigenvalue weighted by Gasteiger charge is -2.16. The largest absolute Gasteiger partial charge is 0.481 e. The number of aliphatic carboxylic acids is 1. The van der Waals surface area contributed by atoms with E-state index in [-0.39, 0.29) is 23.4 Å². The second-order valence-corrected chi connectivity index (χ2v) is 6.72. The lowest BCUT2D eigenvalue weighted by Crippen LogP contribution is -2.29. The Balaban J connectivity index is 3.10. The van der Waals surface area contributed by atoms with Crippen molar-refractivity contribution in [3.63, 3.8) is 0 Å². The van der Waals surface area contributed by atoms with Crippen molar-refractivity contribution in [2.45, 2.75) is 11.3 Å². The molecular formula is C11H11BrN2O4S. The molecule has 1 aromatic rings. The minimum atomic E-state index is -3.80. The Morgan fingerprint density at radius 2 is 2.11 bits per heavy atom. The molecule has 0 radical (unpaired) electrons. The molecule has 0 heterocycles. The van der Waals surface area contributed by atoms with Gasteiger partial charge >= 0.3 is 5.97 Å². The molecule has 0 saturated carbocycles. The number of carbonyl (C=O) groups is 1. The summed E-state index contributed by atoms with van der Waals surface area (Å²) in [7, 11) is -2.50. The van der Waals surface area contributed by atoms with E-state index >= 15 is 0 Å². The highest BCUT2D eigenvalue weighted by molar-refractivity contribution is 9.10. The van der Waals surface area contributed by atoms with Gasteiger partial charge in [-0.3, -0.25) is 4.79 Å². The van der Waals surface area contributed by atoms with Gasteiger partial charge in [0, 0.05) is 18.1 Å². The molecule has 1 aromatic carbocycles. The molecule has 0 spiro atoms. The number of sulfonamides is 1. The summed E-state index contributed by atoms with van der Waals surface area (Å²) in [4.78, 5) is 10.4. The number of halogens is 1. The number of hydrogen-bond acceptors (Lipinski definition) is 4. The highest BCUT2D eigenvalue weighted by Gasteiger charge is 2.22. The number of benzene rings is 1. The van der Waals surface area contributed by atoms with Crippen molar-refractivity contribution in [3.05, 3.63) is 28.2 Å². The van der Waals surface area contributed by atoms with Crippen LogP contribution in [-0.2, 0) is 14.8 Å². The van der Waals surface area contributed by atoms with Crippen LogP contribution in [0.25, 0.3) is 0 Å². The van der Waals surface area contributed by atoms with Crippen molar-refractivity contribution < 1.29 is 18.3 Å². The Hall–Kier alpha value is -1.43. The topological polar surface area (TPSA) is 98.5 Å². The van der Waals surface area contributed by atoms with Gasteiger partial charge in [0.2, 0.25) is 10.0 Å². The van der Waals surface area contributed by atoms with E-state index in [4.69, 9.17) is 10.4 Å². The summed E-state index contributed by atoms with van der Waals surface area (Å²) in [6.45, 7) is -0.133. The first-order valence-electron chi connectivity index (χ1n) is 5.16. The molecule has 0 aromatic heterocycles. The number of hydrogen-bond donors (Lipinski definition) is 1. The Morgan fingerprint density at radius 1 is 1.47 bits per heavy atom. The molecule has 8 heteroatoms. The Morgan fingerprint density at radius 3 is 2.63 bits per heavy atom. The average molecular weight is 347 g/mol. The zero-order valence-corrected chi connectivity index (χ0v) is 12.4. The van der Waals surface area contributed by atoms with Crippen LogP contribution in [0.3, 0.4) is 0 Å². The van der Waals surface area contributed by atoms with Crippen LogP contribution >= 0.6 is 15.9 Å². The van der Waals surface area contributed by atoms with Crippen LogP contribution in [0.5, 0.6) is 0 Å². The molecule has 0 amide bonds. The molecule has 102 valence electrons. The monoisotopic (exact) mass is 346 g/mol. The van der Waals surface area contributed by atoms with Gasteiger partial charge in [-0.1, -0.05) is 15.9 Å². The fourth-order valence-corrected chi connectivity index (χ4v) is 3.22. The van der Waals surface area contributed by atoms with Gasteiger partial charge in [0.25, 0.3) is 0 Å². The third kappa shape index (κ3) is 4.02. The lowest BCUT2D eigenvalue weighted by atomic mass is 10.2. The molecule has 6 nitrogen and oxygen atoms in total. The summed E-state index contributed by atoms with van der Waals surface area (Å²) >= 11 is 3.13. The first-order valence-corrected chi connectivity index (χ1v) is 7.39. The van der Waals surface area contributed by atoms with Crippen LogP contribution in [-0.4, -0.2) is 37.4 Å². The number of carboxylic acids is 1. The fraction of sp³-hybridized carbons (Fsp3) is 0.273. The van der Waals surface area contributed by atoms with Crippen LogP contribution < -0.4 is 0 Å². The molecular weight excluding hydrogens is 336 g/mol. The smallest absolute Gasteiger partial charge is 0.304 e. The van der Waals surface area contributed by atoms with Crippen molar-refractivity contribution in [2.75, 3.05) is 13.6 Å².